The number of esters is 1. The van der Waals surface area contributed by atoms with Gasteiger partial charge in [-0.15, -0.1) is 0 Å². The Balaban J connectivity index is 1.88. The summed E-state index contributed by atoms with van der Waals surface area (Å²) in [5.74, 6) is -0.890. The fraction of sp³-hybridized carbons (Fsp3) is 0.353. The Morgan fingerprint density at radius 3 is 3.08 bits per heavy atom. The number of carbonyl (C=O) groups is 2. The molecule has 1 atom stereocenters. The van der Waals surface area contributed by atoms with Crippen molar-refractivity contribution in [3.05, 3.63) is 52.3 Å². The largest absolute Gasteiger partial charge is 0.469 e. The Bertz CT molecular complexity index is 826. The lowest BCUT2D eigenvalue weighted by Crippen LogP contribution is -2.46. The number of aromatic nitrogens is 2. The van der Waals surface area contributed by atoms with Gasteiger partial charge in [0.25, 0.3) is 0 Å². The van der Waals surface area contributed by atoms with Crippen LogP contribution in [0.5, 0.6) is 0 Å². The first-order valence-corrected chi connectivity index (χ1v) is 8.47. The minimum Gasteiger partial charge on any atom is -0.469 e. The lowest BCUT2D eigenvalue weighted by molar-refractivity contribution is -0.140. The van der Waals surface area contributed by atoms with Crippen LogP contribution in [0.2, 0.25) is 5.02 Å². The van der Waals surface area contributed by atoms with Crippen molar-refractivity contribution in [2.45, 2.75) is 18.9 Å². The molecule has 2 heterocycles. The third kappa shape index (κ3) is 3.65. The minimum atomic E-state index is -0.707. The van der Waals surface area contributed by atoms with E-state index in [0.717, 1.165) is 5.69 Å². The molecule has 9 heteroatoms. The molecular formula is C17H18ClFN4O3. The lowest BCUT2D eigenvalue weighted by Gasteiger charge is -2.35. The molecule has 1 aliphatic rings. The highest BCUT2D eigenvalue weighted by Gasteiger charge is 2.35. The van der Waals surface area contributed by atoms with Crippen LogP contribution in [0.15, 0.2) is 24.5 Å². The smallest absolute Gasteiger partial charge is 0.318 e. The van der Waals surface area contributed by atoms with E-state index in [-0.39, 0.29) is 18.5 Å². The van der Waals surface area contributed by atoms with Crippen LogP contribution < -0.4 is 5.32 Å². The zero-order valence-electron chi connectivity index (χ0n) is 14.1. The summed E-state index contributed by atoms with van der Waals surface area (Å²) < 4.78 is 19.0. The molecule has 0 spiro atoms. The molecule has 0 fully saturated rings. The van der Waals surface area contributed by atoms with Gasteiger partial charge in [0.1, 0.15) is 11.9 Å². The molecule has 0 unspecified atom stereocenters. The number of H-pyrrole nitrogens is 1. The molecule has 1 aliphatic heterocycles. The number of hydrogen-bond donors (Lipinski definition) is 2. The Labute approximate surface area is 154 Å². The number of nitrogens with one attached hydrogen (secondary N) is 2. The Morgan fingerprint density at radius 2 is 2.31 bits per heavy atom. The van der Waals surface area contributed by atoms with Crippen LogP contribution in [0.1, 0.15) is 29.4 Å². The number of ether oxygens (including phenoxy) is 1. The second-order valence-corrected chi connectivity index (χ2v) is 6.27. The number of amides is 2. The van der Waals surface area contributed by atoms with E-state index in [1.54, 1.807) is 0 Å². The first kappa shape index (κ1) is 18.2. The zero-order valence-corrected chi connectivity index (χ0v) is 14.8. The van der Waals surface area contributed by atoms with Gasteiger partial charge >= 0.3 is 12.0 Å². The molecule has 7 nitrogen and oxygen atoms in total. The highest BCUT2D eigenvalue weighted by atomic mass is 35.5. The van der Waals surface area contributed by atoms with Crippen LogP contribution in [-0.2, 0) is 16.0 Å². The van der Waals surface area contributed by atoms with E-state index in [4.69, 9.17) is 11.6 Å². The van der Waals surface area contributed by atoms with Gasteiger partial charge in [0.15, 0.2) is 0 Å². The average Bonchev–Trinajstić information content (AvgIpc) is 3.11. The Morgan fingerprint density at radius 1 is 1.50 bits per heavy atom. The molecule has 0 aliphatic carbocycles. The van der Waals surface area contributed by atoms with Crippen LogP contribution >= 0.6 is 11.6 Å². The molecular weight excluding hydrogens is 363 g/mol. The van der Waals surface area contributed by atoms with Gasteiger partial charge in [0.05, 0.1) is 25.6 Å². The van der Waals surface area contributed by atoms with Crippen LogP contribution in [0.25, 0.3) is 0 Å². The van der Waals surface area contributed by atoms with E-state index in [0.29, 0.717) is 23.7 Å². The van der Waals surface area contributed by atoms with Crippen LogP contribution in [0, 0.1) is 5.82 Å². The first-order chi connectivity index (χ1) is 12.5. The first-order valence-electron chi connectivity index (χ1n) is 8.09. The summed E-state index contributed by atoms with van der Waals surface area (Å²) in [6.45, 7) is 0.496. The van der Waals surface area contributed by atoms with E-state index in [1.165, 1.54) is 36.5 Å². The number of nitrogens with zero attached hydrogens (tertiary/aromatic N) is 2. The van der Waals surface area contributed by atoms with E-state index >= 15 is 0 Å². The van der Waals surface area contributed by atoms with E-state index in [2.05, 4.69) is 20.0 Å². The molecule has 26 heavy (non-hydrogen) atoms. The molecule has 138 valence electrons. The fourth-order valence-corrected chi connectivity index (χ4v) is 3.19. The summed E-state index contributed by atoms with van der Waals surface area (Å²) in [6, 6.07) is 3.11. The number of urea groups is 1. The molecule has 1 aromatic carbocycles. The molecule has 2 amide bonds. The molecule has 0 saturated heterocycles. The van der Waals surface area contributed by atoms with Crippen LogP contribution in [-0.4, -0.2) is 47.1 Å². The van der Waals surface area contributed by atoms with Gasteiger partial charge < -0.3 is 19.9 Å². The van der Waals surface area contributed by atoms with Gasteiger partial charge in [-0.25, -0.2) is 14.2 Å². The van der Waals surface area contributed by atoms with Gasteiger partial charge in [-0.05, 0) is 18.2 Å². The molecule has 2 N–H and O–H groups in total. The van der Waals surface area contributed by atoms with Crippen molar-refractivity contribution in [2.75, 3.05) is 20.2 Å². The van der Waals surface area contributed by atoms with Gasteiger partial charge in [0, 0.05) is 35.8 Å². The molecule has 3 rings (SSSR count). The highest BCUT2D eigenvalue weighted by molar-refractivity contribution is 6.30. The Hall–Kier alpha value is -2.61. The van der Waals surface area contributed by atoms with Crippen molar-refractivity contribution in [3.63, 3.8) is 0 Å². The summed E-state index contributed by atoms with van der Waals surface area (Å²) in [5.41, 5.74) is 1.71. The lowest BCUT2D eigenvalue weighted by atomic mass is 9.95. The third-order valence-corrected chi connectivity index (χ3v) is 4.51. The third-order valence-electron chi connectivity index (χ3n) is 4.27. The van der Waals surface area contributed by atoms with Gasteiger partial charge in [-0.3, -0.25) is 4.79 Å². The maximum Gasteiger partial charge on any atom is 0.318 e. The number of methoxy groups -OCH3 is 1. The van der Waals surface area contributed by atoms with Gasteiger partial charge in [-0.1, -0.05) is 11.6 Å². The second kappa shape index (κ2) is 7.74. The van der Waals surface area contributed by atoms with Crippen molar-refractivity contribution < 1.29 is 18.7 Å². The normalized spacial score (nSPS) is 16.1. The number of aromatic amines is 1. The summed E-state index contributed by atoms with van der Waals surface area (Å²) in [7, 11) is 1.28. The number of hydrogen-bond acceptors (Lipinski definition) is 4. The molecule has 0 bridgehead atoms. The number of benzene rings is 1. The van der Waals surface area contributed by atoms with E-state index in [9.17, 15) is 14.0 Å². The SMILES string of the molecule is COC(=O)CCNC(=O)N1CCc2[nH]cnc2[C@@H]1c1cc(Cl)ccc1F. The Kier molecular flexibility index (Phi) is 5.41. The fourth-order valence-electron chi connectivity index (χ4n) is 3.01. The van der Waals surface area contributed by atoms with Crippen molar-refractivity contribution in [2.24, 2.45) is 0 Å². The van der Waals surface area contributed by atoms with Gasteiger partial charge in [-0.2, -0.15) is 0 Å². The molecule has 1 aromatic heterocycles. The summed E-state index contributed by atoms with van der Waals surface area (Å²) in [6.07, 6.45) is 2.15. The number of halogens is 2. The maximum atomic E-state index is 14.5. The quantitative estimate of drug-likeness (QED) is 0.797. The predicted octanol–water partition coefficient (Wildman–Crippen LogP) is 2.42. The number of rotatable bonds is 4. The molecule has 0 radical (unpaired) electrons. The summed E-state index contributed by atoms with van der Waals surface area (Å²) in [5, 5.41) is 3.04. The average molecular weight is 381 g/mol. The molecule has 2 aromatic rings. The highest BCUT2D eigenvalue weighted by Crippen LogP contribution is 2.35. The molecule has 0 saturated carbocycles. The van der Waals surface area contributed by atoms with Crippen LogP contribution in [0.4, 0.5) is 9.18 Å². The van der Waals surface area contributed by atoms with E-state index in [1.807, 2.05) is 0 Å². The van der Waals surface area contributed by atoms with Gasteiger partial charge in [0.2, 0.25) is 0 Å². The summed E-state index contributed by atoms with van der Waals surface area (Å²) in [4.78, 5) is 32.7. The topological polar surface area (TPSA) is 87.3 Å². The monoisotopic (exact) mass is 380 g/mol. The zero-order chi connectivity index (χ0) is 18.7. The van der Waals surface area contributed by atoms with Crippen molar-refractivity contribution in [1.82, 2.24) is 20.2 Å². The maximum absolute atomic E-state index is 14.5. The number of carbonyl (C=O) groups excluding carboxylic acids is 2. The summed E-state index contributed by atoms with van der Waals surface area (Å²) >= 11 is 6.03. The number of imidazole rings is 1. The van der Waals surface area contributed by atoms with E-state index < -0.39 is 23.9 Å². The standard InChI is InChI=1S/C17H18ClFN4O3/c1-26-14(24)4-6-20-17(25)23-7-5-13-15(22-9-21-13)16(23)11-8-10(18)2-3-12(11)19/h2-3,8-9,16H,4-7H2,1H3,(H,20,25)(H,21,22)/t16-/m0/s1. The number of fused-ring (bicyclic) bond motifs is 1. The van der Waals surface area contributed by atoms with Crippen molar-refractivity contribution in [1.29, 1.82) is 0 Å². The van der Waals surface area contributed by atoms with Crippen molar-refractivity contribution >= 4 is 23.6 Å². The second-order valence-electron chi connectivity index (χ2n) is 5.84. The van der Waals surface area contributed by atoms with Crippen LogP contribution in [0.3, 0.4) is 0 Å². The van der Waals surface area contributed by atoms with Crippen molar-refractivity contribution in [3.8, 4) is 0 Å². The minimum absolute atomic E-state index is 0.0555. The predicted molar refractivity (Wildman–Crippen MR) is 92.3 cm³/mol.